The van der Waals surface area contributed by atoms with Crippen molar-refractivity contribution < 1.29 is 12.8 Å². The highest BCUT2D eigenvalue weighted by molar-refractivity contribution is 7.89. The number of aromatic nitrogens is 2. The number of hydrogen-bond acceptors (Lipinski definition) is 3. The molecule has 114 valence electrons. The van der Waals surface area contributed by atoms with E-state index in [0.717, 1.165) is 5.56 Å². The first-order valence-corrected chi connectivity index (χ1v) is 8.04. The SMILES string of the molecule is Cc1ccc(S(=O)(=O)NC[C@H](C)n2cc(C)cn2)c(F)c1. The highest BCUT2D eigenvalue weighted by Gasteiger charge is 2.20. The average Bonchev–Trinajstić information content (AvgIpc) is 2.82. The van der Waals surface area contributed by atoms with Crippen LogP contribution >= 0.6 is 0 Å². The van der Waals surface area contributed by atoms with Gasteiger partial charge in [0.2, 0.25) is 10.0 Å². The van der Waals surface area contributed by atoms with Gasteiger partial charge in [-0.25, -0.2) is 17.5 Å². The molecule has 0 unspecified atom stereocenters. The molecule has 1 atom stereocenters. The van der Waals surface area contributed by atoms with Crippen LogP contribution in [0.25, 0.3) is 0 Å². The minimum atomic E-state index is -3.87. The Morgan fingerprint density at radius 1 is 1.33 bits per heavy atom. The molecule has 2 aromatic rings. The van der Waals surface area contributed by atoms with E-state index in [-0.39, 0.29) is 17.5 Å². The minimum Gasteiger partial charge on any atom is -0.268 e. The van der Waals surface area contributed by atoms with Crippen LogP contribution in [0.1, 0.15) is 24.1 Å². The van der Waals surface area contributed by atoms with Gasteiger partial charge in [-0.1, -0.05) is 6.07 Å². The van der Waals surface area contributed by atoms with E-state index in [4.69, 9.17) is 0 Å². The predicted molar refractivity (Wildman–Crippen MR) is 78.0 cm³/mol. The molecular weight excluding hydrogens is 293 g/mol. The lowest BCUT2D eigenvalue weighted by molar-refractivity contribution is 0.477. The predicted octanol–water partition coefficient (Wildman–Crippen LogP) is 2.18. The molecule has 1 heterocycles. The lowest BCUT2D eigenvalue weighted by Gasteiger charge is -2.14. The molecule has 0 radical (unpaired) electrons. The Bertz CT molecular complexity index is 740. The van der Waals surface area contributed by atoms with Crippen molar-refractivity contribution in [2.24, 2.45) is 0 Å². The minimum absolute atomic E-state index is 0.136. The summed E-state index contributed by atoms with van der Waals surface area (Å²) in [6.45, 7) is 5.58. The molecule has 0 aliphatic rings. The number of halogens is 1. The van der Waals surface area contributed by atoms with Gasteiger partial charge in [-0.15, -0.1) is 0 Å². The fourth-order valence-corrected chi connectivity index (χ4v) is 3.08. The van der Waals surface area contributed by atoms with Crippen LogP contribution < -0.4 is 4.72 Å². The summed E-state index contributed by atoms with van der Waals surface area (Å²) in [4.78, 5) is -0.336. The standard InChI is InChI=1S/C14H18FN3O2S/c1-10-4-5-14(13(15)6-10)21(19,20)17-8-12(3)18-9-11(2)7-16-18/h4-7,9,12,17H,8H2,1-3H3/t12-/m0/s1. The molecule has 21 heavy (non-hydrogen) atoms. The molecule has 0 spiro atoms. The Morgan fingerprint density at radius 2 is 2.05 bits per heavy atom. The maximum absolute atomic E-state index is 13.8. The third-order valence-electron chi connectivity index (χ3n) is 3.13. The summed E-state index contributed by atoms with van der Waals surface area (Å²) < 4.78 is 42.1. The van der Waals surface area contributed by atoms with Crippen molar-refractivity contribution in [3.63, 3.8) is 0 Å². The fraction of sp³-hybridized carbons (Fsp3) is 0.357. The van der Waals surface area contributed by atoms with Gasteiger partial charge in [0, 0.05) is 12.7 Å². The zero-order valence-electron chi connectivity index (χ0n) is 12.2. The highest BCUT2D eigenvalue weighted by atomic mass is 32.2. The van der Waals surface area contributed by atoms with Crippen LogP contribution in [0.4, 0.5) is 4.39 Å². The van der Waals surface area contributed by atoms with Crippen molar-refractivity contribution >= 4 is 10.0 Å². The van der Waals surface area contributed by atoms with Gasteiger partial charge in [-0.2, -0.15) is 5.10 Å². The Labute approximate surface area is 123 Å². The van der Waals surface area contributed by atoms with Gasteiger partial charge in [0.25, 0.3) is 0 Å². The first-order chi connectivity index (χ1) is 9.79. The molecule has 2 rings (SSSR count). The monoisotopic (exact) mass is 311 g/mol. The van der Waals surface area contributed by atoms with E-state index < -0.39 is 15.8 Å². The summed E-state index contributed by atoms with van der Waals surface area (Å²) in [5, 5.41) is 4.13. The fourth-order valence-electron chi connectivity index (χ4n) is 1.90. The zero-order chi connectivity index (χ0) is 15.6. The first-order valence-electron chi connectivity index (χ1n) is 6.56. The van der Waals surface area contributed by atoms with Crippen LogP contribution in [-0.4, -0.2) is 24.7 Å². The maximum atomic E-state index is 13.8. The normalized spacial score (nSPS) is 13.3. The number of nitrogens with one attached hydrogen (secondary N) is 1. The smallest absolute Gasteiger partial charge is 0.243 e. The summed E-state index contributed by atoms with van der Waals surface area (Å²) in [5.74, 6) is -0.745. The number of aryl methyl sites for hydroxylation is 2. The van der Waals surface area contributed by atoms with E-state index in [0.29, 0.717) is 5.56 Å². The van der Waals surface area contributed by atoms with Crippen molar-refractivity contribution in [1.29, 1.82) is 0 Å². The zero-order valence-corrected chi connectivity index (χ0v) is 13.0. The van der Waals surface area contributed by atoms with Gasteiger partial charge < -0.3 is 0 Å². The van der Waals surface area contributed by atoms with Gasteiger partial charge in [0.05, 0.1) is 12.2 Å². The number of nitrogens with zero attached hydrogens (tertiary/aromatic N) is 2. The highest BCUT2D eigenvalue weighted by Crippen LogP contribution is 2.16. The van der Waals surface area contributed by atoms with Gasteiger partial charge in [-0.3, -0.25) is 4.68 Å². The third-order valence-corrected chi connectivity index (χ3v) is 4.58. The molecule has 0 amide bonds. The van der Waals surface area contributed by atoms with E-state index in [2.05, 4.69) is 9.82 Å². The van der Waals surface area contributed by atoms with E-state index in [1.54, 1.807) is 23.9 Å². The van der Waals surface area contributed by atoms with Crippen LogP contribution in [0.5, 0.6) is 0 Å². The summed E-state index contributed by atoms with van der Waals surface area (Å²) in [6.07, 6.45) is 3.52. The second-order valence-electron chi connectivity index (χ2n) is 5.13. The van der Waals surface area contributed by atoms with Crippen molar-refractivity contribution in [3.8, 4) is 0 Å². The van der Waals surface area contributed by atoms with Crippen LogP contribution in [0, 0.1) is 19.7 Å². The van der Waals surface area contributed by atoms with Crippen LogP contribution in [-0.2, 0) is 10.0 Å². The average molecular weight is 311 g/mol. The number of rotatable bonds is 5. The largest absolute Gasteiger partial charge is 0.268 e. The molecule has 0 aliphatic heterocycles. The Morgan fingerprint density at radius 3 is 2.62 bits per heavy atom. The molecule has 0 aliphatic carbocycles. The molecule has 1 aromatic carbocycles. The Hall–Kier alpha value is -1.73. The second kappa shape index (κ2) is 5.95. The van der Waals surface area contributed by atoms with E-state index in [1.165, 1.54) is 12.1 Å². The van der Waals surface area contributed by atoms with E-state index >= 15 is 0 Å². The molecule has 0 saturated heterocycles. The molecule has 1 aromatic heterocycles. The molecule has 0 fully saturated rings. The second-order valence-corrected chi connectivity index (χ2v) is 6.87. The van der Waals surface area contributed by atoms with Gasteiger partial charge >= 0.3 is 0 Å². The topological polar surface area (TPSA) is 64.0 Å². The molecule has 0 bridgehead atoms. The van der Waals surface area contributed by atoms with Crippen molar-refractivity contribution in [2.75, 3.05) is 6.54 Å². The quantitative estimate of drug-likeness (QED) is 0.920. The Kier molecular flexibility index (Phi) is 4.43. The molecule has 0 saturated carbocycles. The van der Waals surface area contributed by atoms with Crippen LogP contribution in [0.3, 0.4) is 0 Å². The summed E-state index contributed by atoms with van der Waals surface area (Å²) >= 11 is 0. The molecular formula is C14H18FN3O2S. The number of sulfonamides is 1. The third kappa shape index (κ3) is 3.68. The number of hydrogen-bond donors (Lipinski definition) is 1. The van der Waals surface area contributed by atoms with E-state index in [9.17, 15) is 12.8 Å². The summed E-state index contributed by atoms with van der Waals surface area (Å²) in [6, 6.07) is 3.88. The van der Waals surface area contributed by atoms with Gasteiger partial charge in [0.1, 0.15) is 10.7 Å². The van der Waals surface area contributed by atoms with Crippen LogP contribution in [0.2, 0.25) is 0 Å². The van der Waals surface area contributed by atoms with Crippen molar-refractivity contribution in [2.45, 2.75) is 31.7 Å². The Balaban J connectivity index is 2.11. The van der Waals surface area contributed by atoms with Crippen LogP contribution in [0.15, 0.2) is 35.5 Å². The first kappa shape index (κ1) is 15.7. The van der Waals surface area contributed by atoms with Gasteiger partial charge in [0.15, 0.2) is 0 Å². The molecule has 1 N–H and O–H groups in total. The lowest BCUT2D eigenvalue weighted by atomic mass is 10.2. The maximum Gasteiger partial charge on any atom is 0.243 e. The summed E-state index contributed by atoms with van der Waals surface area (Å²) in [7, 11) is -3.87. The van der Waals surface area contributed by atoms with Crippen molar-refractivity contribution in [3.05, 3.63) is 47.5 Å². The molecule has 7 heteroatoms. The van der Waals surface area contributed by atoms with E-state index in [1.807, 2.05) is 20.0 Å². The number of benzene rings is 1. The van der Waals surface area contributed by atoms with Crippen molar-refractivity contribution in [1.82, 2.24) is 14.5 Å². The lowest BCUT2D eigenvalue weighted by Crippen LogP contribution is -2.30. The molecule has 5 nitrogen and oxygen atoms in total. The van der Waals surface area contributed by atoms with Gasteiger partial charge in [-0.05, 0) is 44.0 Å². The summed E-state index contributed by atoms with van der Waals surface area (Å²) in [5.41, 5.74) is 1.67.